The van der Waals surface area contributed by atoms with Gasteiger partial charge in [0, 0.05) is 0 Å². The van der Waals surface area contributed by atoms with Crippen molar-refractivity contribution in [2.24, 2.45) is 0 Å². The van der Waals surface area contributed by atoms with Gasteiger partial charge in [0.15, 0.2) is 8.67 Å². The molecule has 0 aromatic rings. The van der Waals surface area contributed by atoms with Crippen LogP contribution in [0.15, 0.2) is 0 Å². The fourth-order valence-electron chi connectivity index (χ4n) is 0.196. The van der Waals surface area contributed by atoms with Crippen molar-refractivity contribution in [2.75, 3.05) is 11.8 Å². The summed E-state index contributed by atoms with van der Waals surface area (Å²) in [6.07, 6.45) is 0. The summed E-state index contributed by atoms with van der Waals surface area (Å²) in [7, 11) is 0. The highest BCUT2D eigenvalue weighted by atomic mass is 35.5. The summed E-state index contributed by atoms with van der Waals surface area (Å²) in [6, 6.07) is 0. The molecule has 10 heavy (non-hydrogen) atoms. The van der Waals surface area contributed by atoms with E-state index in [4.69, 9.17) is 69.6 Å². The van der Waals surface area contributed by atoms with Gasteiger partial charge in [-0.25, -0.2) is 0 Å². The Morgan fingerprint density at radius 3 is 1.00 bits per heavy atom. The third kappa shape index (κ3) is 2.66. The van der Waals surface area contributed by atoms with E-state index in [0.29, 0.717) is 0 Å². The Hall–Kier alpha value is 1.74. The molecule has 62 valence electrons. The fourth-order valence-corrected chi connectivity index (χ4v) is 1.19. The van der Waals surface area contributed by atoms with Gasteiger partial charge in [-0.3, -0.25) is 0 Å². The molecule has 0 aliphatic heterocycles. The van der Waals surface area contributed by atoms with Crippen LogP contribution in [-0.4, -0.2) is 20.4 Å². The van der Waals surface area contributed by atoms with E-state index in [1.165, 1.54) is 0 Å². The van der Waals surface area contributed by atoms with Crippen LogP contribution in [0.2, 0.25) is 0 Å². The molecule has 0 nitrogen and oxygen atoms in total. The Morgan fingerprint density at radius 2 is 0.900 bits per heavy atom. The van der Waals surface area contributed by atoms with Gasteiger partial charge >= 0.3 is 0 Å². The zero-order valence-electron chi connectivity index (χ0n) is 4.68. The number of alkyl halides is 6. The minimum absolute atomic E-state index is 0.0736. The largest absolute Gasteiger partial charge is 0.165 e. The van der Waals surface area contributed by atoms with E-state index in [9.17, 15) is 0 Å². The van der Waals surface area contributed by atoms with Gasteiger partial charge in [-0.1, -0.05) is 46.4 Å². The quantitative estimate of drug-likeness (QED) is 0.680. The van der Waals surface area contributed by atoms with Gasteiger partial charge in [0.1, 0.15) is 0 Å². The maximum atomic E-state index is 5.60. The van der Waals surface area contributed by atoms with Gasteiger partial charge in [0.05, 0.1) is 11.8 Å². The standard InChI is InChI=1S/C4H4Cl6/c5-1-3(7,8)4(9,10)2-6/h1-2H2. The highest BCUT2D eigenvalue weighted by molar-refractivity contribution is 6.65. The lowest BCUT2D eigenvalue weighted by molar-refractivity contribution is 0.777. The summed E-state index contributed by atoms with van der Waals surface area (Å²) in [5, 5.41) is 0. The molecule has 0 saturated heterocycles. The Balaban J connectivity index is 4.28. The summed E-state index contributed by atoms with van der Waals surface area (Å²) < 4.78 is -2.81. The topological polar surface area (TPSA) is 0 Å². The molecule has 0 rings (SSSR count). The smallest absolute Gasteiger partial charge is 0.123 e. The summed E-state index contributed by atoms with van der Waals surface area (Å²) in [5.74, 6) is -0.147. The molecular formula is C4H4Cl6. The molecule has 6 heteroatoms. The van der Waals surface area contributed by atoms with Crippen molar-refractivity contribution in [3.8, 4) is 0 Å². The summed E-state index contributed by atoms with van der Waals surface area (Å²) in [6.45, 7) is 0. The molecule has 0 fully saturated rings. The van der Waals surface area contributed by atoms with E-state index in [1.54, 1.807) is 0 Å². The molecule has 0 heterocycles. The van der Waals surface area contributed by atoms with Crippen LogP contribution in [0, 0.1) is 0 Å². The first kappa shape index (κ1) is 11.7. The van der Waals surface area contributed by atoms with Crippen LogP contribution in [0.1, 0.15) is 0 Å². The van der Waals surface area contributed by atoms with Gasteiger partial charge in [-0.15, -0.1) is 23.2 Å². The molecular weight excluding hydrogens is 261 g/mol. The van der Waals surface area contributed by atoms with Crippen LogP contribution in [0.25, 0.3) is 0 Å². The number of hydrogen-bond acceptors (Lipinski definition) is 0. The molecule has 0 aromatic heterocycles. The van der Waals surface area contributed by atoms with Crippen molar-refractivity contribution in [1.82, 2.24) is 0 Å². The first-order valence-corrected chi connectivity index (χ1v) is 4.83. The molecule has 0 aromatic carbocycles. The van der Waals surface area contributed by atoms with E-state index in [2.05, 4.69) is 0 Å². The Bertz CT molecular complexity index is 94.3. The molecule has 0 N–H and O–H groups in total. The minimum Gasteiger partial charge on any atom is -0.123 e. The average Bonchev–Trinajstić information content (AvgIpc) is 1.88. The summed E-state index contributed by atoms with van der Waals surface area (Å²) in [4.78, 5) is 0. The third-order valence-corrected chi connectivity index (χ3v) is 4.43. The van der Waals surface area contributed by atoms with Crippen LogP contribution in [0.4, 0.5) is 0 Å². The van der Waals surface area contributed by atoms with Crippen molar-refractivity contribution in [3.63, 3.8) is 0 Å². The molecule has 0 atom stereocenters. The molecule has 0 bridgehead atoms. The van der Waals surface area contributed by atoms with Crippen molar-refractivity contribution in [1.29, 1.82) is 0 Å². The predicted octanol–water partition coefficient (Wildman–Crippen LogP) is 3.81. The van der Waals surface area contributed by atoms with Gasteiger partial charge in [-0.05, 0) is 0 Å². The van der Waals surface area contributed by atoms with Crippen molar-refractivity contribution >= 4 is 69.6 Å². The predicted molar refractivity (Wildman–Crippen MR) is 50.3 cm³/mol. The van der Waals surface area contributed by atoms with E-state index < -0.39 is 8.67 Å². The molecule has 0 aliphatic rings. The number of rotatable bonds is 3. The molecule has 0 radical (unpaired) electrons. The number of halogens is 6. The zero-order valence-corrected chi connectivity index (χ0v) is 9.22. The van der Waals surface area contributed by atoms with Crippen LogP contribution >= 0.6 is 69.6 Å². The minimum atomic E-state index is -1.40. The molecule has 0 amide bonds. The SMILES string of the molecule is ClCC(Cl)(Cl)C(Cl)(Cl)CCl. The molecule has 0 aliphatic carbocycles. The molecule has 0 unspecified atom stereocenters. The van der Waals surface area contributed by atoms with Gasteiger partial charge < -0.3 is 0 Å². The zero-order chi connectivity index (χ0) is 8.41. The second-order valence-corrected chi connectivity index (χ2v) is 5.18. The second-order valence-electron chi connectivity index (χ2n) is 1.68. The van der Waals surface area contributed by atoms with Crippen LogP contribution in [-0.2, 0) is 0 Å². The normalized spacial score (nSPS) is 13.8. The van der Waals surface area contributed by atoms with Crippen LogP contribution in [0.5, 0.6) is 0 Å². The van der Waals surface area contributed by atoms with Gasteiger partial charge in [0.25, 0.3) is 0 Å². The average molecular weight is 265 g/mol. The van der Waals surface area contributed by atoms with Gasteiger partial charge in [0.2, 0.25) is 0 Å². The van der Waals surface area contributed by atoms with Crippen molar-refractivity contribution in [2.45, 2.75) is 8.67 Å². The van der Waals surface area contributed by atoms with Crippen LogP contribution in [0.3, 0.4) is 0 Å². The summed E-state index contributed by atoms with van der Waals surface area (Å²) >= 11 is 33.1. The first-order valence-electron chi connectivity index (χ1n) is 2.25. The highest BCUT2D eigenvalue weighted by Crippen LogP contribution is 2.44. The van der Waals surface area contributed by atoms with E-state index in [1.807, 2.05) is 0 Å². The van der Waals surface area contributed by atoms with Crippen molar-refractivity contribution in [3.05, 3.63) is 0 Å². The lowest BCUT2D eigenvalue weighted by atomic mass is 10.3. The molecule has 0 saturated carbocycles. The molecule has 0 spiro atoms. The highest BCUT2D eigenvalue weighted by Gasteiger charge is 2.45. The van der Waals surface area contributed by atoms with Gasteiger partial charge in [-0.2, -0.15) is 0 Å². The Labute approximate surface area is 89.7 Å². The van der Waals surface area contributed by atoms with Crippen molar-refractivity contribution < 1.29 is 0 Å². The van der Waals surface area contributed by atoms with Crippen LogP contribution < -0.4 is 0 Å². The lowest BCUT2D eigenvalue weighted by Gasteiger charge is -2.28. The Kier molecular flexibility index (Phi) is 4.83. The van der Waals surface area contributed by atoms with E-state index >= 15 is 0 Å². The van der Waals surface area contributed by atoms with E-state index in [-0.39, 0.29) is 11.8 Å². The third-order valence-electron chi connectivity index (χ3n) is 0.871. The summed E-state index contributed by atoms with van der Waals surface area (Å²) in [5.41, 5.74) is 0. The first-order chi connectivity index (χ1) is 4.37. The maximum absolute atomic E-state index is 5.60. The monoisotopic (exact) mass is 262 g/mol. The second kappa shape index (κ2) is 4.11. The number of hydrogen-bond donors (Lipinski definition) is 0. The maximum Gasteiger partial charge on any atom is 0.165 e. The lowest BCUT2D eigenvalue weighted by Crippen LogP contribution is -2.39. The van der Waals surface area contributed by atoms with E-state index in [0.717, 1.165) is 0 Å². The fraction of sp³-hybridized carbons (Fsp3) is 1.00. The Morgan fingerprint density at radius 1 is 0.700 bits per heavy atom.